The number of carboxylic acid groups (broad SMARTS) is 1. The van der Waals surface area contributed by atoms with Crippen LogP contribution < -0.4 is 0 Å². The lowest BCUT2D eigenvalue weighted by atomic mass is 9.95. The van der Waals surface area contributed by atoms with Gasteiger partial charge in [0.05, 0.1) is 0 Å². The highest BCUT2D eigenvalue weighted by molar-refractivity contribution is 14.1. The zero-order valence-electron chi connectivity index (χ0n) is 10.9. The van der Waals surface area contributed by atoms with E-state index in [4.69, 9.17) is 5.11 Å². The Kier molecular flexibility index (Phi) is 7.39. The average Bonchev–Trinajstić information content (AvgIpc) is 2.38. The fourth-order valence-electron chi connectivity index (χ4n) is 1.55. The molecule has 3 nitrogen and oxygen atoms in total. The van der Waals surface area contributed by atoms with E-state index in [1.165, 1.54) is 6.92 Å². The smallest absolute Gasteiger partial charge is 0.330 e. The van der Waals surface area contributed by atoms with Crippen LogP contribution in [0.15, 0.2) is 23.8 Å². The molecule has 0 aromatic heterocycles. The molecular weight excluding hydrogens is 597 g/mol. The number of allylic oxidation sites excluding steroid dienone is 1. The van der Waals surface area contributed by atoms with Gasteiger partial charge in [-0.2, -0.15) is 0 Å². The maximum Gasteiger partial charge on any atom is 0.330 e. The Balaban J connectivity index is 2.96. The van der Waals surface area contributed by atoms with E-state index < -0.39 is 5.97 Å². The summed E-state index contributed by atoms with van der Waals surface area (Å²) in [5.74, 6) is -1.12. The van der Waals surface area contributed by atoms with Crippen molar-refractivity contribution in [3.63, 3.8) is 0 Å². The van der Waals surface area contributed by atoms with E-state index in [0.717, 1.165) is 16.3 Å². The second-order valence-electron chi connectivity index (χ2n) is 4.44. The highest BCUT2D eigenvalue weighted by atomic mass is 127. The van der Waals surface area contributed by atoms with E-state index in [0.29, 0.717) is 6.42 Å². The van der Waals surface area contributed by atoms with Gasteiger partial charge in [0.2, 0.25) is 0 Å². The van der Waals surface area contributed by atoms with Gasteiger partial charge >= 0.3 is 5.97 Å². The second-order valence-corrected chi connectivity index (χ2v) is 7.93. The van der Waals surface area contributed by atoms with Gasteiger partial charge in [-0.25, -0.2) is 4.79 Å². The summed E-state index contributed by atoms with van der Waals surface area (Å²) in [5, 5.41) is 8.81. The molecule has 0 aliphatic rings. The Morgan fingerprint density at radius 1 is 1.30 bits per heavy atom. The standard InChI is InChI=1S/C14H13I3O3/c1-7(3-4-8(2)14(19)20)13(18)10-5-9(15)6-11(16)12(10)17/h4-7H,3H2,1-2H3,(H,19,20). The van der Waals surface area contributed by atoms with Crippen LogP contribution in [0.2, 0.25) is 0 Å². The predicted molar refractivity (Wildman–Crippen MR) is 104 cm³/mol. The third-order valence-corrected chi connectivity index (χ3v) is 6.49. The fourth-order valence-corrected chi connectivity index (χ4v) is 3.97. The Bertz CT molecular complexity index is 579. The first-order valence-electron chi connectivity index (χ1n) is 5.82. The largest absolute Gasteiger partial charge is 0.478 e. The lowest BCUT2D eigenvalue weighted by molar-refractivity contribution is -0.132. The van der Waals surface area contributed by atoms with Crippen molar-refractivity contribution in [2.24, 2.45) is 5.92 Å². The van der Waals surface area contributed by atoms with Crippen LogP contribution in [-0.4, -0.2) is 16.9 Å². The molecule has 0 fully saturated rings. The van der Waals surface area contributed by atoms with Gasteiger partial charge in [0.15, 0.2) is 5.78 Å². The van der Waals surface area contributed by atoms with Gasteiger partial charge in [-0.05, 0) is 93.2 Å². The van der Waals surface area contributed by atoms with Gasteiger partial charge < -0.3 is 5.11 Å². The summed E-state index contributed by atoms with van der Waals surface area (Å²) in [4.78, 5) is 23.2. The number of benzene rings is 1. The van der Waals surface area contributed by atoms with Gasteiger partial charge in [0.25, 0.3) is 0 Å². The summed E-state index contributed by atoms with van der Waals surface area (Å²) in [5.41, 5.74) is 0.993. The van der Waals surface area contributed by atoms with E-state index in [9.17, 15) is 9.59 Å². The van der Waals surface area contributed by atoms with Crippen molar-refractivity contribution in [1.82, 2.24) is 0 Å². The average molecular weight is 610 g/mol. The number of carboxylic acids is 1. The number of ketones is 1. The summed E-state index contributed by atoms with van der Waals surface area (Å²) < 4.78 is 3.04. The van der Waals surface area contributed by atoms with Gasteiger partial charge in [-0.1, -0.05) is 13.0 Å². The molecule has 0 amide bonds. The van der Waals surface area contributed by atoms with Gasteiger partial charge in [-0.3, -0.25) is 4.79 Å². The number of carbonyl (C=O) groups excluding carboxylic acids is 1. The quantitative estimate of drug-likeness (QED) is 0.227. The van der Waals surface area contributed by atoms with Crippen LogP contribution in [0.5, 0.6) is 0 Å². The normalized spacial score (nSPS) is 13.2. The number of halogens is 3. The van der Waals surface area contributed by atoms with E-state index in [2.05, 4.69) is 67.8 Å². The summed E-state index contributed by atoms with van der Waals surface area (Å²) in [7, 11) is 0. The number of carbonyl (C=O) groups is 2. The molecule has 1 aromatic carbocycles. The molecule has 1 aromatic rings. The molecule has 1 rings (SSSR count). The predicted octanol–water partition coefficient (Wildman–Crippen LogP) is 4.74. The zero-order chi connectivity index (χ0) is 15.4. The number of rotatable bonds is 5. The minimum atomic E-state index is -0.942. The summed E-state index contributed by atoms with van der Waals surface area (Å²) >= 11 is 6.60. The summed E-state index contributed by atoms with van der Waals surface area (Å²) in [6.45, 7) is 3.37. The molecule has 0 saturated heterocycles. The maximum absolute atomic E-state index is 12.5. The molecule has 1 N–H and O–H groups in total. The molecule has 0 radical (unpaired) electrons. The Labute approximate surface area is 159 Å². The third-order valence-electron chi connectivity index (χ3n) is 2.82. The number of Topliss-reactive ketones (excluding diaryl/α,β-unsaturated/α-hetero) is 1. The minimum absolute atomic E-state index is 0.0558. The lowest BCUT2D eigenvalue weighted by Gasteiger charge is -2.11. The lowest BCUT2D eigenvalue weighted by Crippen LogP contribution is -2.13. The van der Waals surface area contributed by atoms with Crippen molar-refractivity contribution < 1.29 is 14.7 Å². The van der Waals surface area contributed by atoms with Gasteiger partial charge in [0.1, 0.15) is 0 Å². The highest BCUT2D eigenvalue weighted by Gasteiger charge is 2.19. The zero-order valence-corrected chi connectivity index (χ0v) is 17.4. The van der Waals surface area contributed by atoms with Crippen LogP contribution in [0.25, 0.3) is 0 Å². The molecule has 0 heterocycles. The second kappa shape index (κ2) is 8.06. The van der Waals surface area contributed by atoms with Crippen molar-refractivity contribution in [3.05, 3.63) is 40.1 Å². The van der Waals surface area contributed by atoms with Crippen LogP contribution in [0.1, 0.15) is 30.6 Å². The van der Waals surface area contributed by atoms with Crippen LogP contribution in [0, 0.1) is 16.6 Å². The van der Waals surface area contributed by atoms with Crippen molar-refractivity contribution in [2.45, 2.75) is 20.3 Å². The molecule has 6 heteroatoms. The fraction of sp³-hybridized carbons (Fsp3) is 0.286. The van der Waals surface area contributed by atoms with E-state index >= 15 is 0 Å². The molecule has 0 saturated carbocycles. The molecule has 20 heavy (non-hydrogen) atoms. The van der Waals surface area contributed by atoms with Crippen molar-refractivity contribution in [3.8, 4) is 0 Å². The molecule has 108 valence electrons. The Morgan fingerprint density at radius 3 is 2.45 bits per heavy atom. The SMILES string of the molecule is CC(=CCC(C)C(=O)c1cc(I)cc(I)c1I)C(=O)O. The number of hydrogen-bond acceptors (Lipinski definition) is 2. The first kappa shape index (κ1) is 18.3. The van der Waals surface area contributed by atoms with Crippen molar-refractivity contribution >= 4 is 79.5 Å². The topological polar surface area (TPSA) is 54.4 Å². The molecule has 1 unspecified atom stereocenters. The molecule has 0 aliphatic heterocycles. The molecule has 0 bridgehead atoms. The first-order valence-corrected chi connectivity index (χ1v) is 9.06. The van der Waals surface area contributed by atoms with Crippen LogP contribution >= 0.6 is 67.8 Å². The van der Waals surface area contributed by atoms with Crippen molar-refractivity contribution in [1.29, 1.82) is 0 Å². The first-order chi connectivity index (χ1) is 9.23. The van der Waals surface area contributed by atoms with Crippen molar-refractivity contribution in [2.75, 3.05) is 0 Å². The highest BCUT2D eigenvalue weighted by Crippen LogP contribution is 2.25. The summed E-state index contributed by atoms with van der Waals surface area (Å²) in [6.07, 6.45) is 2.05. The molecule has 0 aliphatic carbocycles. The molecule has 1 atom stereocenters. The van der Waals surface area contributed by atoms with Gasteiger partial charge in [0, 0.05) is 27.8 Å². The van der Waals surface area contributed by atoms with Gasteiger partial charge in [-0.15, -0.1) is 0 Å². The molecule has 0 spiro atoms. The Hall–Kier alpha value is 0.290. The van der Waals surface area contributed by atoms with Crippen LogP contribution in [0.4, 0.5) is 0 Å². The van der Waals surface area contributed by atoms with Crippen LogP contribution in [0.3, 0.4) is 0 Å². The van der Waals surface area contributed by atoms with E-state index in [1.807, 2.05) is 19.1 Å². The maximum atomic E-state index is 12.5. The monoisotopic (exact) mass is 610 g/mol. The minimum Gasteiger partial charge on any atom is -0.478 e. The van der Waals surface area contributed by atoms with E-state index in [1.54, 1.807) is 6.08 Å². The Morgan fingerprint density at radius 2 is 1.90 bits per heavy atom. The third kappa shape index (κ3) is 4.93. The van der Waals surface area contributed by atoms with E-state index in [-0.39, 0.29) is 17.3 Å². The van der Waals surface area contributed by atoms with Crippen LogP contribution in [-0.2, 0) is 4.79 Å². The number of hydrogen-bond donors (Lipinski definition) is 1. The number of aliphatic carboxylic acids is 1. The summed E-state index contributed by atoms with van der Waals surface area (Å²) in [6, 6.07) is 3.91. The molecular formula is C14H13I3O3.